The quantitative estimate of drug-likeness (QED) is 0.109. The normalized spacial score (nSPS) is 17.2. The van der Waals surface area contributed by atoms with Gasteiger partial charge < -0.3 is 29.3 Å². The number of hydrogen-bond donors (Lipinski definition) is 2. The highest BCUT2D eigenvalue weighted by Gasteiger charge is 2.34. The number of aromatic amines is 1. The third-order valence-electron chi connectivity index (χ3n) is 12.7. The first-order chi connectivity index (χ1) is 29.1. The van der Waals surface area contributed by atoms with E-state index in [2.05, 4.69) is 64.3 Å². The summed E-state index contributed by atoms with van der Waals surface area (Å²) in [6.45, 7) is 13.0. The molecule has 1 saturated carbocycles. The van der Waals surface area contributed by atoms with E-state index >= 15 is 4.39 Å². The number of anilines is 2. The lowest BCUT2D eigenvalue weighted by Gasteiger charge is -2.34. The minimum Gasteiger partial charge on any atom is -0.486 e. The molecule has 3 aliphatic rings. The zero-order valence-electron chi connectivity index (χ0n) is 35.3. The van der Waals surface area contributed by atoms with E-state index in [1.165, 1.54) is 6.07 Å². The number of carbonyl (C=O) groups is 1. The van der Waals surface area contributed by atoms with Crippen molar-refractivity contribution in [3.8, 4) is 34.0 Å². The molecule has 0 radical (unpaired) electrons. The summed E-state index contributed by atoms with van der Waals surface area (Å²) >= 11 is 0. The van der Waals surface area contributed by atoms with Gasteiger partial charge >= 0.3 is 6.01 Å². The average Bonchev–Trinajstić information content (AvgIpc) is 3.85. The van der Waals surface area contributed by atoms with Gasteiger partial charge in [-0.2, -0.15) is 20.2 Å². The van der Waals surface area contributed by atoms with Crippen LogP contribution in [0, 0.1) is 18.7 Å². The molecule has 2 saturated heterocycles. The molecule has 3 aromatic heterocycles. The Labute approximate surface area is 349 Å². The number of benzene rings is 3. The average molecular weight is 816 g/mol. The number of ether oxygens (including phenoxy) is 3. The molecule has 0 amide bonds. The highest BCUT2D eigenvalue weighted by molar-refractivity contribution is 6.06. The molecule has 1 atom stereocenters. The summed E-state index contributed by atoms with van der Waals surface area (Å²) in [4.78, 5) is 27.3. The molecule has 314 valence electrons. The van der Waals surface area contributed by atoms with Gasteiger partial charge in [0.25, 0.3) is 0 Å². The summed E-state index contributed by atoms with van der Waals surface area (Å²) in [6.07, 6.45) is 7.98. The number of carbonyl (C=O) groups excluding carboxylic acids is 1. The molecule has 3 fully saturated rings. The number of nitrogens with zero attached hydrogens (tertiary/aromatic N) is 7. The van der Waals surface area contributed by atoms with Crippen LogP contribution in [0.4, 0.5) is 15.9 Å². The van der Waals surface area contributed by atoms with Crippen LogP contribution >= 0.6 is 0 Å². The van der Waals surface area contributed by atoms with Crippen molar-refractivity contribution >= 4 is 39.6 Å². The standard InChI is InChI=1S/C46H54FN9O4/c1-26(2)28(4)56-23-36(40(24-57)53-56)32-10-7-29(19-38(32)48-5)25-59-44-42(41-27(3)37(47)21-39-35(41)22-49-52-39)33(30-8-9-30)20-34-43(44)50-46(60-31-11-17-58-18-12-31)51-45(34)55-15-13-54(6)14-16-55/h7,10,19-24,26,28,30-31,48H,8-9,11-18,25H2,1-6H3,(H,49,52). The molecule has 0 spiro atoms. The Morgan fingerprint density at radius 1 is 1.00 bits per heavy atom. The Hall–Kier alpha value is -5.60. The van der Waals surface area contributed by atoms with E-state index in [4.69, 9.17) is 24.2 Å². The maximum absolute atomic E-state index is 16.0. The van der Waals surface area contributed by atoms with Crippen molar-refractivity contribution in [2.45, 2.75) is 78.0 Å². The smallest absolute Gasteiger partial charge is 0.319 e. The fraction of sp³-hybridized carbons (Fsp3) is 0.457. The summed E-state index contributed by atoms with van der Waals surface area (Å²) in [5.41, 5.74) is 8.14. The zero-order chi connectivity index (χ0) is 41.7. The zero-order valence-corrected chi connectivity index (χ0v) is 35.3. The van der Waals surface area contributed by atoms with Crippen molar-refractivity contribution in [2.75, 3.05) is 63.7 Å². The summed E-state index contributed by atoms with van der Waals surface area (Å²) in [7, 11) is 4.01. The maximum atomic E-state index is 16.0. The predicted molar refractivity (Wildman–Crippen MR) is 232 cm³/mol. The minimum absolute atomic E-state index is 0.0824. The summed E-state index contributed by atoms with van der Waals surface area (Å²) < 4.78 is 37.3. The van der Waals surface area contributed by atoms with Crippen molar-refractivity contribution in [3.63, 3.8) is 0 Å². The third-order valence-corrected chi connectivity index (χ3v) is 12.7. The Bertz CT molecular complexity index is 2550. The highest BCUT2D eigenvalue weighted by atomic mass is 19.1. The lowest BCUT2D eigenvalue weighted by Crippen LogP contribution is -2.45. The van der Waals surface area contributed by atoms with Gasteiger partial charge in [-0.05, 0) is 80.5 Å². The van der Waals surface area contributed by atoms with Crippen LogP contribution in [0.5, 0.6) is 11.8 Å². The first-order valence-corrected chi connectivity index (χ1v) is 21.3. The number of hydrogen-bond acceptors (Lipinski definition) is 11. The van der Waals surface area contributed by atoms with Crippen LogP contribution in [0.15, 0.2) is 42.7 Å². The van der Waals surface area contributed by atoms with Gasteiger partial charge in [0.2, 0.25) is 0 Å². The van der Waals surface area contributed by atoms with Crippen molar-refractivity contribution in [1.82, 2.24) is 34.8 Å². The van der Waals surface area contributed by atoms with E-state index in [-0.39, 0.29) is 30.5 Å². The third kappa shape index (κ3) is 7.55. The molecule has 0 bridgehead atoms. The van der Waals surface area contributed by atoms with Gasteiger partial charge in [0, 0.05) is 91.0 Å². The van der Waals surface area contributed by atoms with E-state index in [1.54, 1.807) is 6.20 Å². The van der Waals surface area contributed by atoms with Crippen LogP contribution in [0.25, 0.3) is 44.1 Å². The number of fused-ring (bicyclic) bond motifs is 2. The number of rotatable bonds is 13. The van der Waals surface area contributed by atoms with Gasteiger partial charge in [-0.1, -0.05) is 26.0 Å². The first-order valence-electron chi connectivity index (χ1n) is 21.3. The molecular formula is C46H54FN9O4. The summed E-state index contributed by atoms with van der Waals surface area (Å²) in [6, 6.07) is 10.2. The maximum Gasteiger partial charge on any atom is 0.319 e. The first kappa shape index (κ1) is 39.8. The number of nitrogens with one attached hydrogen (secondary N) is 2. The van der Waals surface area contributed by atoms with Gasteiger partial charge in [-0.3, -0.25) is 14.6 Å². The van der Waals surface area contributed by atoms with E-state index in [1.807, 2.05) is 43.0 Å². The number of halogens is 1. The predicted octanol–water partition coefficient (Wildman–Crippen LogP) is 8.32. The highest BCUT2D eigenvalue weighted by Crippen LogP contribution is 2.53. The van der Waals surface area contributed by atoms with E-state index < -0.39 is 0 Å². The number of aldehydes is 1. The van der Waals surface area contributed by atoms with Gasteiger partial charge in [0.15, 0.2) is 12.0 Å². The largest absolute Gasteiger partial charge is 0.486 e. The van der Waals surface area contributed by atoms with Crippen molar-refractivity contribution in [3.05, 3.63) is 70.9 Å². The fourth-order valence-electron chi connectivity index (χ4n) is 8.57. The van der Waals surface area contributed by atoms with E-state index in [0.717, 1.165) is 114 Å². The molecule has 9 rings (SSSR count). The van der Waals surface area contributed by atoms with Gasteiger partial charge in [0.05, 0.1) is 31.0 Å². The van der Waals surface area contributed by atoms with Crippen LogP contribution in [0.3, 0.4) is 0 Å². The van der Waals surface area contributed by atoms with Crippen molar-refractivity contribution in [2.24, 2.45) is 5.92 Å². The molecule has 60 heavy (non-hydrogen) atoms. The van der Waals surface area contributed by atoms with Crippen molar-refractivity contribution < 1.29 is 23.4 Å². The molecular weight excluding hydrogens is 762 g/mol. The molecule has 3 aromatic carbocycles. The van der Waals surface area contributed by atoms with Gasteiger partial charge in [-0.15, -0.1) is 0 Å². The lowest BCUT2D eigenvalue weighted by molar-refractivity contribution is 0.0219. The Balaban J connectivity index is 1.22. The van der Waals surface area contributed by atoms with Crippen LogP contribution in [0.2, 0.25) is 0 Å². The lowest BCUT2D eigenvalue weighted by atomic mass is 9.88. The molecule has 6 aromatic rings. The summed E-state index contributed by atoms with van der Waals surface area (Å²) in [5, 5.41) is 17.1. The van der Waals surface area contributed by atoms with Gasteiger partial charge in [-0.25, -0.2) is 4.39 Å². The van der Waals surface area contributed by atoms with Crippen LogP contribution in [0.1, 0.15) is 85.6 Å². The van der Waals surface area contributed by atoms with Crippen molar-refractivity contribution in [1.29, 1.82) is 0 Å². The summed E-state index contributed by atoms with van der Waals surface area (Å²) in [5.74, 6) is 1.65. The molecule has 2 aliphatic heterocycles. The second-order valence-electron chi connectivity index (χ2n) is 17.0. The SMILES string of the molecule is CNc1cc(COc2c(-c3c(C)c(F)cc4[nH]ncc34)c(C3CC3)cc3c(N4CCN(C)CC4)nc(OC4CCOCC4)nc23)ccc1-c1cn(C(C)C(C)C)nc1C=O. The number of H-pyrrole nitrogens is 1. The second-order valence-corrected chi connectivity index (χ2v) is 17.0. The Morgan fingerprint density at radius 2 is 1.78 bits per heavy atom. The number of aromatic nitrogens is 6. The van der Waals surface area contributed by atoms with Gasteiger partial charge in [0.1, 0.15) is 35.6 Å². The van der Waals surface area contributed by atoms with Crippen LogP contribution in [-0.2, 0) is 11.3 Å². The Morgan fingerprint density at radius 3 is 2.50 bits per heavy atom. The fourth-order valence-corrected chi connectivity index (χ4v) is 8.57. The Kier molecular flexibility index (Phi) is 10.9. The molecule has 5 heterocycles. The molecule has 2 N–H and O–H groups in total. The number of likely N-dealkylation sites (N-methyl/N-ethyl adjacent to an activating group) is 1. The monoisotopic (exact) mass is 815 g/mol. The minimum atomic E-state index is -0.325. The molecule has 1 unspecified atom stereocenters. The molecule has 13 nitrogen and oxygen atoms in total. The topological polar surface area (TPSA) is 136 Å². The van der Waals surface area contributed by atoms with Crippen LogP contribution in [-0.4, -0.2) is 101 Å². The van der Waals surface area contributed by atoms with E-state index in [0.29, 0.717) is 53.2 Å². The number of piperazine rings is 1. The van der Waals surface area contributed by atoms with E-state index in [9.17, 15) is 4.79 Å². The second kappa shape index (κ2) is 16.5. The van der Waals surface area contributed by atoms with Crippen LogP contribution < -0.4 is 19.7 Å². The molecule has 14 heteroatoms. The molecule has 1 aliphatic carbocycles.